The first-order valence-electron chi connectivity index (χ1n) is 11.4. The van der Waals surface area contributed by atoms with Gasteiger partial charge in [0.2, 0.25) is 0 Å². The maximum Gasteiger partial charge on any atom is 0.255 e. The maximum atomic E-state index is 12.9. The monoisotopic (exact) mass is 447 g/mol. The molecule has 0 fully saturated rings. The van der Waals surface area contributed by atoms with E-state index in [4.69, 9.17) is 0 Å². The lowest BCUT2D eigenvalue weighted by Crippen LogP contribution is -2.30. The van der Waals surface area contributed by atoms with Crippen molar-refractivity contribution in [3.05, 3.63) is 125 Å². The first-order valence-corrected chi connectivity index (χ1v) is 11.4. The van der Waals surface area contributed by atoms with E-state index in [1.807, 2.05) is 54.6 Å². The van der Waals surface area contributed by atoms with Gasteiger partial charge in [-0.15, -0.1) is 0 Å². The fourth-order valence-electron chi connectivity index (χ4n) is 4.22. The van der Waals surface area contributed by atoms with E-state index in [0.717, 1.165) is 25.2 Å². The van der Waals surface area contributed by atoms with Crippen LogP contribution in [0, 0.1) is 0 Å². The van der Waals surface area contributed by atoms with Gasteiger partial charge in [0.05, 0.1) is 11.4 Å². The predicted molar refractivity (Wildman–Crippen MR) is 136 cm³/mol. The van der Waals surface area contributed by atoms with Crippen LogP contribution in [0.5, 0.6) is 0 Å². The molecule has 34 heavy (non-hydrogen) atoms. The Labute approximate surface area is 199 Å². The molecule has 5 nitrogen and oxygen atoms in total. The highest BCUT2D eigenvalue weighted by atomic mass is 16.2. The smallest absolute Gasteiger partial charge is 0.255 e. The van der Waals surface area contributed by atoms with Crippen LogP contribution in [0.15, 0.2) is 103 Å². The van der Waals surface area contributed by atoms with Crippen LogP contribution in [0.1, 0.15) is 31.8 Å². The van der Waals surface area contributed by atoms with Crippen LogP contribution < -0.4 is 15.5 Å². The molecule has 0 bridgehead atoms. The van der Waals surface area contributed by atoms with Crippen molar-refractivity contribution in [3.63, 3.8) is 0 Å². The lowest BCUT2D eigenvalue weighted by atomic mass is 9.99. The third kappa shape index (κ3) is 4.69. The molecule has 0 aromatic heterocycles. The maximum absolute atomic E-state index is 12.9. The highest BCUT2D eigenvalue weighted by molar-refractivity contribution is 6.10. The zero-order valence-electron chi connectivity index (χ0n) is 18.7. The third-order valence-electron chi connectivity index (χ3n) is 6.08. The van der Waals surface area contributed by atoms with Gasteiger partial charge < -0.3 is 15.5 Å². The van der Waals surface area contributed by atoms with E-state index < -0.39 is 0 Å². The third-order valence-corrected chi connectivity index (χ3v) is 6.08. The molecule has 0 spiro atoms. The second-order valence-electron chi connectivity index (χ2n) is 8.31. The lowest BCUT2D eigenvalue weighted by Gasteiger charge is -2.30. The Balaban J connectivity index is 1.27. The molecule has 1 aliphatic heterocycles. The minimum absolute atomic E-state index is 0.225. The summed E-state index contributed by atoms with van der Waals surface area (Å²) in [6, 6.07) is 32.4. The summed E-state index contributed by atoms with van der Waals surface area (Å²) in [5.74, 6) is -0.452. The molecule has 2 amide bonds. The second-order valence-corrected chi connectivity index (χ2v) is 8.31. The highest BCUT2D eigenvalue weighted by Gasteiger charge is 2.17. The molecule has 0 radical (unpaired) electrons. The number of benzene rings is 4. The van der Waals surface area contributed by atoms with E-state index in [-0.39, 0.29) is 11.8 Å². The van der Waals surface area contributed by atoms with Gasteiger partial charge in [-0.1, -0.05) is 54.6 Å². The number of para-hydroxylation sites is 2. The number of hydrogen-bond acceptors (Lipinski definition) is 3. The topological polar surface area (TPSA) is 61.4 Å². The zero-order valence-corrected chi connectivity index (χ0v) is 18.7. The van der Waals surface area contributed by atoms with Crippen LogP contribution in [0.3, 0.4) is 0 Å². The van der Waals surface area contributed by atoms with Gasteiger partial charge in [-0.25, -0.2) is 0 Å². The van der Waals surface area contributed by atoms with E-state index in [1.54, 1.807) is 24.3 Å². The Morgan fingerprint density at radius 1 is 0.588 bits per heavy atom. The Hall–Kier alpha value is -4.38. The van der Waals surface area contributed by atoms with Gasteiger partial charge in [-0.3, -0.25) is 9.59 Å². The summed E-state index contributed by atoms with van der Waals surface area (Å²) in [6.07, 6.45) is 1.02. The Kier molecular flexibility index (Phi) is 6.08. The largest absolute Gasteiger partial charge is 0.367 e. The predicted octanol–water partition coefficient (Wildman–Crippen LogP) is 5.75. The van der Waals surface area contributed by atoms with E-state index in [1.165, 1.54) is 11.1 Å². The molecule has 0 aliphatic carbocycles. The average Bonchev–Trinajstić information content (AvgIpc) is 2.90. The molecular weight excluding hydrogens is 422 g/mol. The summed E-state index contributed by atoms with van der Waals surface area (Å²) in [4.78, 5) is 27.8. The van der Waals surface area contributed by atoms with Crippen molar-refractivity contribution < 1.29 is 9.59 Å². The molecule has 1 aliphatic rings. The minimum atomic E-state index is -0.227. The van der Waals surface area contributed by atoms with E-state index in [9.17, 15) is 9.59 Å². The van der Waals surface area contributed by atoms with Gasteiger partial charge in [0.15, 0.2) is 0 Å². The van der Waals surface area contributed by atoms with Gasteiger partial charge >= 0.3 is 0 Å². The fraction of sp³-hybridized carbons (Fsp3) is 0.103. The number of rotatable bonds is 5. The standard InChI is InChI=1S/C29H25N3O2/c33-28(22-9-2-1-3-10-22)30-26-12-6-7-13-27(26)31-29(34)23-14-16-25(17-15-23)32-19-18-21-8-4-5-11-24(21)20-32/h1-17H,18-20H2,(H,30,33)(H,31,34). The Morgan fingerprint density at radius 2 is 1.12 bits per heavy atom. The Bertz CT molecular complexity index is 1320. The van der Waals surface area contributed by atoms with Crippen LogP contribution in [0.4, 0.5) is 17.1 Å². The minimum Gasteiger partial charge on any atom is -0.367 e. The number of fused-ring (bicyclic) bond motifs is 1. The summed E-state index contributed by atoms with van der Waals surface area (Å²) in [7, 11) is 0. The Morgan fingerprint density at radius 3 is 1.76 bits per heavy atom. The quantitative estimate of drug-likeness (QED) is 0.409. The first kappa shape index (κ1) is 21.5. The summed E-state index contributed by atoms with van der Waals surface area (Å²) in [5, 5.41) is 5.81. The van der Waals surface area contributed by atoms with E-state index >= 15 is 0 Å². The van der Waals surface area contributed by atoms with Gasteiger partial charge in [-0.2, -0.15) is 0 Å². The van der Waals surface area contributed by atoms with Crippen LogP contribution >= 0.6 is 0 Å². The van der Waals surface area contributed by atoms with Crippen molar-refractivity contribution in [2.75, 3.05) is 22.1 Å². The molecule has 5 heteroatoms. The number of nitrogens with one attached hydrogen (secondary N) is 2. The SMILES string of the molecule is O=C(Nc1ccccc1NC(=O)c1ccc(N2CCc3ccccc3C2)cc1)c1ccccc1. The van der Waals surface area contributed by atoms with Gasteiger partial charge in [-0.05, 0) is 66.1 Å². The number of carbonyl (C=O) groups is 2. The number of nitrogens with zero attached hydrogens (tertiary/aromatic N) is 1. The van der Waals surface area contributed by atoms with Crippen molar-refractivity contribution >= 4 is 28.9 Å². The molecule has 0 saturated heterocycles. The van der Waals surface area contributed by atoms with Crippen molar-refractivity contribution in [2.24, 2.45) is 0 Å². The summed E-state index contributed by atoms with van der Waals surface area (Å²) in [5.41, 5.74) is 6.07. The normalized spacial score (nSPS) is 12.5. The van der Waals surface area contributed by atoms with Crippen LogP contribution in [0.2, 0.25) is 0 Å². The fourth-order valence-corrected chi connectivity index (χ4v) is 4.22. The van der Waals surface area contributed by atoms with Gasteiger partial charge in [0, 0.05) is 29.9 Å². The lowest BCUT2D eigenvalue weighted by molar-refractivity contribution is 0.101. The van der Waals surface area contributed by atoms with E-state index in [0.29, 0.717) is 22.5 Å². The molecule has 0 unspecified atom stereocenters. The molecule has 168 valence electrons. The molecule has 0 atom stereocenters. The molecule has 4 aromatic rings. The van der Waals surface area contributed by atoms with Gasteiger partial charge in [0.25, 0.3) is 11.8 Å². The summed E-state index contributed by atoms with van der Waals surface area (Å²) < 4.78 is 0. The van der Waals surface area contributed by atoms with Crippen LogP contribution in [-0.4, -0.2) is 18.4 Å². The molecule has 2 N–H and O–H groups in total. The number of amides is 2. The van der Waals surface area contributed by atoms with Crippen LogP contribution in [0.25, 0.3) is 0 Å². The number of carbonyl (C=O) groups excluding carboxylic acids is 2. The van der Waals surface area contributed by atoms with Crippen molar-refractivity contribution in [1.29, 1.82) is 0 Å². The average molecular weight is 448 g/mol. The van der Waals surface area contributed by atoms with Gasteiger partial charge in [0.1, 0.15) is 0 Å². The van der Waals surface area contributed by atoms with Crippen molar-refractivity contribution in [1.82, 2.24) is 0 Å². The molecule has 4 aromatic carbocycles. The molecule has 1 heterocycles. The molecule has 0 saturated carbocycles. The second kappa shape index (κ2) is 9.63. The van der Waals surface area contributed by atoms with Crippen LogP contribution in [-0.2, 0) is 13.0 Å². The highest BCUT2D eigenvalue weighted by Crippen LogP contribution is 2.26. The summed E-state index contributed by atoms with van der Waals surface area (Å²) >= 11 is 0. The molecule has 5 rings (SSSR count). The number of anilines is 3. The van der Waals surface area contributed by atoms with E-state index in [2.05, 4.69) is 39.8 Å². The van der Waals surface area contributed by atoms with Crippen molar-refractivity contribution in [3.8, 4) is 0 Å². The number of hydrogen-bond donors (Lipinski definition) is 2. The molecular formula is C29H25N3O2. The van der Waals surface area contributed by atoms with Crippen molar-refractivity contribution in [2.45, 2.75) is 13.0 Å². The summed E-state index contributed by atoms with van der Waals surface area (Å²) in [6.45, 7) is 1.83. The zero-order chi connectivity index (χ0) is 23.3. The first-order chi connectivity index (χ1) is 16.7.